The van der Waals surface area contributed by atoms with Crippen LogP contribution in [0.5, 0.6) is 0 Å². The van der Waals surface area contributed by atoms with Crippen molar-refractivity contribution in [3.63, 3.8) is 0 Å². The number of aryl methyl sites for hydroxylation is 2. The standard InChI is InChI=1S/C17H41N2O3Si4.C2F6NO4S2/c1-17-18(2)14-15-19(17)13-12-16-26(20-23(3,4)5,21-24(6,7)8)22-25(9,10)11;3-1(4,5)14(10,11)9-15(12,13)2(6,7)8/h14-15H,12-13,16H2,1-11H3;/q+1;-1. The van der Waals surface area contributed by atoms with Crippen LogP contribution in [0.4, 0.5) is 26.3 Å². The molecule has 244 valence electrons. The minimum Gasteiger partial charge on any atom is -0.421 e. The summed E-state index contributed by atoms with van der Waals surface area (Å²) in [5.74, 6) is 1.26. The first-order valence-corrected chi connectivity index (χ1v) is 27.2. The summed E-state index contributed by atoms with van der Waals surface area (Å²) in [6.07, 6.45) is 5.27. The fraction of sp³-hybridized carbons (Fsp3) is 0.842. The number of halogens is 6. The van der Waals surface area contributed by atoms with E-state index in [1.807, 2.05) is 0 Å². The van der Waals surface area contributed by atoms with Gasteiger partial charge in [-0.25, -0.2) is 26.0 Å². The molecule has 0 spiro atoms. The van der Waals surface area contributed by atoms with E-state index >= 15 is 0 Å². The van der Waals surface area contributed by atoms with Gasteiger partial charge in [-0.1, -0.05) is 0 Å². The minimum atomic E-state index is -6.72. The summed E-state index contributed by atoms with van der Waals surface area (Å²) in [4.78, 5) is 0. The second kappa shape index (κ2) is 13.6. The second-order valence-electron chi connectivity index (χ2n) is 12.0. The van der Waals surface area contributed by atoms with Crippen LogP contribution in [0.2, 0.25) is 65.0 Å². The van der Waals surface area contributed by atoms with Gasteiger partial charge in [0.05, 0.1) is 13.6 Å². The highest BCUT2D eigenvalue weighted by molar-refractivity contribution is 8.13. The first-order chi connectivity index (χ1) is 17.7. The van der Waals surface area contributed by atoms with E-state index in [9.17, 15) is 43.2 Å². The molecule has 10 nitrogen and oxygen atoms in total. The molecule has 0 bridgehead atoms. The number of hydrogen-bond acceptors (Lipinski definition) is 7. The van der Waals surface area contributed by atoms with Gasteiger partial charge in [0.2, 0.25) is 0 Å². The van der Waals surface area contributed by atoms with E-state index in [1.54, 1.807) is 0 Å². The molecule has 41 heavy (non-hydrogen) atoms. The molecule has 1 aromatic rings. The maximum Gasteiger partial charge on any atom is 0.480 e. The maximum atomic E-state index is 11.4. The third-order valence-corrected chi connectivity index (χ3v) is 19.2. The minimum absolute atomic E-state index is 0.778. The largest absolute Gasteiger partial charge is 0.480 e. The van der Waals surface area contributed by atoms with Crippen molar-refractivity contribution in [3.8, 4) is 0 Å². The second-order valence-corrected chi connectivity index (χ2v) is 32.4. The molecule has 0 aliphatic carbocycles. The van der Waals surface area contributed by atoms with Gasteiger partial charge in [0, 0.05) is 13.0 Å². The Hall–Kier alpha value is -0.602. The monoisotopic (exact) mass is 713 g/mol. The fourth-order valence-corrected chi connectivity index (χ4v) is 19.5. The topological polar surface area (TPSA) is 119 Å². The number of rotatable bonds is 12. The van der Waals surface area contributed by atoms with Crippen molar-refractivity contribution in [2.45, 2.75) is 95.9 Å². The van der Waals surface area contributed by atoms with Crippen molar-refractivity contribution >= 4 is 53.8 Å². The molecule has 1 aromatic heterocycles. The van der Waals surface area contributed by atoms with Crippen molar-refractivity contribution in [1.29, 1.82) is 0 Å². The lowest BCUT2D eigenvalue weighted by Gasteiger charge is -2.42. The molecule has 22 heteroatoms. The van der Waals surface area contributed by atoms with E-state index in [1.165, 1.54) is 5.82 Å². The molecule has 0 aromatic carbocycles. The van der Waals surface area contributed by atoms with Crippen LogP contribution in [0.1, 0.15) is 12.2 Å². The van der Waals surface area contributed by atoms with Gasteiger partial charge in [-0.2, -0.15) is 26.3 Å². The molecule has 1 rings (SSSR count). The van der Waals surface area contributed by atoms with Crippen LogP contribution in [0, 0.1) is 6.92 Å². The molecule has 0 atom stereocenters. The van der Waals surface area contributed by atoms with Gasteiger partial charge in [0.15, 0.2) is 45.0 Å². The Bertz CT molecular complexity index is 1140. The molecule has 0 amide bonds. The van der Waals surface area contributed by atoms with Crippen LogP contribution in [0.25, 0.3) is 4.13 Å². The van der Waals surface area contributed by atoms with E-state index in [0.717, 1.165) is 23.1 Å². The molecular formula is C19H41F6N3O7S2Si4. The Kier molecular flexibility index (Phi) is 13.4. The van der Waals surface area contributed by atoms with Gasteiger partial charge in [-0.05, 0) is 65.3 Å². The summed E-state index contributed by atoms with van der Waals surface area (Å²) in [5.41, 5.74) is -12.4. The van der Waals surface area contributed by atoms with Crippen molar-refractivity contribution in [3.05, 3.63) is 22.3 Å². The summed E-state index contributed by atoms with van der Waals surface area (Å²) < 4.78 is 134. The quantitative estimate of drug-likeness (QED) is 0.158. The molecule has 1 heterocycles. The van der Waals surface area contributed by atoms with Crippen LogP contribution in [-0.4, -0.2) is 66.2 Å². The molecule has 0 saturated heterocycles. The number of nitrogens with zero attached hydrogens (tertiary/aromatic N) is 3. The number of alkyl halides is 6. The zero-order valence-corrected chi connectivity index (χ0v) is 30.7. The Morgan fingerprint density at radius 2 is 1.12 bits per heavy atom. The number of hydrogen-bond donors (Lipinski definition) is 0. The van der Waals surface area contributed by atoms with Gasteiger partial charge in [-0.15, -0.1) is 0 Å². The van der Waals surface area contributed by atoms with Crippen molar-refractivity contribution < 1.29 is 60.1 Å². The Labute approximate surface area is 243 Å². The highest BCUT2D eigenvalue weighted by atomic mass is 32.3. The van der Waals surface area contributed by atoms with Gasteiger partial charge in [-0.3, -0.25) is 0 Å². The van der Waals surface area contributed by atoms with Crippen LogP contribution >= 0.6 is 0 Å². The number of sulfonamides is 2. The third-order valence-electron chi connectivity index (χ3n) is 4.44. The van der Waals surface area contributed by atoms with E-state index in [-0.39, 0.29) is 0 Å². The lowest BCUT2D eigenvalue weighted by molar-refractivity contribution is -0.677. The molecule has 0 unspecified atom stereocenters. The molecule has 0 aliphatic rings. The van der Waals surface area contributed by atoms with Crippen molar-refractivity contribution in [2.24, 2.45) is 7.05 Å². The smallest absolute Gasteiger partial charge is 0.421 e. The SMILES string of the molecule is Cc1n(CCC[Si](O[Si](C)(C)C)(O[Si](C)(C)C)O[Si](C)(C)C)cc[n+]1C.O=S(=O)([N-]S(=O)(=O)C(F)(F)F)C(F)(F)F. The maximum absolute atomic E-state index is 11.4. The molecular weight excluding hydrogens is 673 g/mol. The summed E-state index contributed by atoms with van der Waals surface area (Å²) in [5, 5.41) is 0. The Morgan fingerprint density at radius 1 is 0.780 bits per heavy atom. The lowest BCUT2D eigenvalue weighted by Crippen LogP contribution is -2.60. The first kappa shape index (κ1) is 40.4. The number of aromatic nitrogens is 2. The van der Waals surface area contributed by atoms with Gasteiger partial charge >= 0.3 is 19.8 Å². The Morgan fingerprint density at radius 3 is 1.37 bits per heavy atom. The van der Waals surface area contributed by atoms with E-state index in [2.05, 4.69) is 94.4 Å². The average Bonchev–Trinajstić information content (AvgIpc) is 2.93. The van der Waals surface area contributed by atoms with Gasteiger partial charge in [0.1, 0.15) is 12.4 Å². The molecule has 0 N–H and O–H groups in total. The Balaban J connectivity index is 0.000000909. The van der Waals surface area contributed by atoms with Crippen LogP contribution < -0.4 is 4.57 Å². The lowest BCUT2D eigenvalue weighted by atomic mass is 10.4. The molecule has 0 radical (unpaired) electrons. The van der Waals surface area contributed by atoms with E-state index < -0.39 is 64.8 Å². The third kappa shape index (κ3) is 14.6. The summed E-state index contributed by atoms with van der Waals surface area (Å²) >= 11 is 0. The molecule has 0 aliphatic heterocycles. The summed E-state index contributed by atoms with van der Waals surface area (Å²) in [7, 11) is -19.4. The predicted molar refractivity (Wildman–Crippen MR) is 152 cm³/mol. The highest BCUT2D eigenvalue weighted by Crippen LogP contribution is 2.36. The van der Waals surface area contributed by atoms with Crippen LogP contribution in [0.15, 0.2) is 12.4 Å². The summed E-state index contributed by atoms with van der Waals surface area (Å²) in [6, 6.07) is 0.896. The molecule has 0 saturated carbocycles. The highest BCUT2D eigenvalue weighted by Gasteiger charge is 2.50. The fourth-order valence-electron chi connectivity index (χ4n) is 3.13. The van der Waals surface area contributed by atoms with Gasteiger partial charge < -0.3 is 16.5 Å². The average molecular weight is 714 g/mol. The molecule has 0 fully saturated rings. The van der Waals surface area contributed by atoms with Gasteiger partial charge in [0.25, 0.3) is 5.82 Å². The normalized spacial score (nSPS) is 14.6. The predicted octanol–water partition coefficient (Wildman–Crippen LogP) is 5.56. The van der Waals surface area contributed by atoms with Crippen molar-refractivity contribution in [1.82, 2.24) is 4.57 Å². The zero-order chi connectivity index (χ0) is 33.1. The number of imidazole rings is 1. The first-order valence-electron chi connectivity index (χ1n) is 12.2. The van der Waals surface area contributed by atoms with Crippen molar-refractivity contribution in [2.75, 3.05) is 0 Å². The summed E-state index contributed by atoms with van der Waals surface area (Å²) in [6.45, 7) is 23.3. The van der Waals surface area contributed by atoms with E-state index in [4.69, 9.17) is 12.3 Å². The van der Waals surface area contributed by atoms with Crippen LogP contribution in [0.3, 0.4) is 0 Å². The zero-order valence-electron chi connectivity index (χ0n) is 25.1. The van der Waals surface area contributed by atoms with E-state index in [0.29, 0.717) is 0 Å². The van der Waals surface area contributed by atoms with Crippen LogP contribution in [-0.2, 0) is 46.0 Å².